The highest BCUT2D eigenvalue weighted by Crippen LogP contribution is 2.21. The Kier molecular flexibility index (Phi) is 7.31. The molecule has 0 spiro atoms. The van der Waals surface area contributed by atoms with Gasteiger partial charge in [0, 0.05) is 12.2 Å². The van der Waals surface area contributed by atoms with Gasteiger partial charge in [0.15, 0.2) is 6.61 Å². The van der Waals surface area contributed by atoms with E-state index in [0.717, 1.165) is 16.7 Å². The number of hydrogen-bond donors (Lipinski definition) is 2. The van der Waals surface area contributed by atoms with Gasteiger partial charge in [0.05, 0.1) is 11.3 Å². The summed E-state index contributed by atoms with van der Waals surface area (Å²) in [4.78, 5) is 23.9. The summed E-state index contributed by atoms with van der Waals surface area (Å²) in [5.41, 5.74) is 3.64. The molecule has 0 radical (unpaired) electrons. The lowest BCUT2D eigenvalue weighted by Gasteiger charge is -2.13. The van der Waals surface area contributed by atoms with E-state index in [4.69, 9.17) is 4.74 Å². The van der Waals surface area contributed by atoms with Crippen molar-refractivity contribution in [1.82, 2.24) is 4.72 Å². The Hall–Kier alpha value is -2.71. The first kappa shape index (κ1) is 21.6. The van der Waals surface area contributed by atoms with Gasteiger partial charge in [-0.1, -0.05) is 35.9 Å². The molecular weight excluding hydrogens is 380 g/mol. The van der Waals surface area contributed by atoms with E-state index in [2.05, 4.69) is 10.0 Å². The van der Waals surface area contributed by atoms with E-state index < -0.39 is 28.5 Å². The van der Waals surface area contributed by atoms with Crippen LogP contribution in [-0.2, 0) is 24.3 Å². The van der Waals surface area contributed by atoms with Crippen molar-refractivity contribution in [1.29, 1.82) is 0 Å². The first-order valence-electron chi connectivity index (χ1n) is 8.77. The molecule has 0 aromatic heterocycles. The maximum atomic E-state index is 12.0. The van der Waals surface area contributed by atoms with Crippen LogP contribution in [-0.4, -0.2) is 33.4 Å². The molecule has 28 heavy (non-hydrogen) atoms. The molecule has 2 aromatic carbocycles. The van der Waals surface area contributed by atoms with Crippen molar-refractivity contribution >= 4 is 27.6 Å². The Morgan fingerprint density at radius 2 is 1.61 bits per heavy atom. The maximum Gasteiger partial charge on any atom is 0.307 e. The highest BCUT2D eigenvalue weighted by Gasteiger charge is 2.15. The molecule has 2 N–H and O–H groups in total. The molecule has 0 aliphatic rings. The van der Waals surface area contributed by atoms with Crippen LogP contribution in [0.15, 0.2) is 47.4 Å². The van der Waals surface area contributed by atoms with Crippen LogP contribution in [0.3, 0.4) is 0 Å². The minimum Gasteiger partial charge on any atom is -0.456 e. The number of carbonyl (C=O) groups excluding carboxylic acids is 2. The standard InChI is InChI=1S/C20H24N2O5S/c1-14-11-15(2)20(16(3)12-14)22-18(23)13-27-19(24)9-10-21-28(25,26)17-7-5-4-6-8-17/h4-8,11-12,21H,9-10,13H2,1-3H3,(H,22,23). The Morgan fingerprint density at radius 1 is 1.00 bits per heavy atom. The number of ether oxygens (including phenoxy) is 1. The van der Waals surface area contributed by atoms with Crippen LogP contribution in [0, 0.1) is 20.8 Å². The largest absolute Gasteiger partial charge is 0.456 e. The molecule has 150 valence electrons. The molecule has 0 saturated heterocycles. The third-order valence-corrected chi connectivity index (χ3v) is 5.46. The first-order chi connectivity index (χ1) is 13.2. The number of nitrogens with one attached hydrogen (secondary N) is 2. The van der Waals surface area contributed by atoms with E-state index in [1.54, 1.807) is 18.2 Å². The van der Waals surface area contributed by atoms with E-state index >= 15 is 0 Å². The highest BCUT2D eigenvalue weighted by atomic mass is 32.2. The summed E-state index contributed by atoms with van der Waals surface area (Å²) in [5.74, 6) is -1.11. The summed E-state index contributed by atoms with van der Waals surface area (Å²) in [6, 6.07) is 11.7. The lowest BCUT2D eigenvalue weighted by molar-refractivity contribution is -0.147. The number of benzene rings is 2. The van der Waals surface area contributed by atoms with Crippen molar-refractivity contribution in [2.45, 2.75) is 32.1 Å². The van der Waals surface area contributed by atoms with Gasteiger partial charge in [0.1, 0.15) is 0 Å². The third kappa shape index (κ3) is 6.17. The number of rotatable bonds is 8. The van der Waals surface area contributed by atoms with Gasteiger partial charge in [-0.3, -0.25) is 9.59 Å². The summed E-state index contributed by atoms with van der Waals surface area (Å²) >= 11 is 0. The van der Waals surface area contributed by atoms with Gasteiger partial charge in [-0.05, 0) is 44.0 Å². The Morgan fingerprint density at radius 3 is 2.21 bits per heavy atom. The van der Waals surface area contributed by atoms with Gasteiger partial charge in [0.2, 0.25) is 10.0 Å². The van der Waals surface area contributed by atoms with Crippen molar-refractivity contribution in [2.75, 3.05) is 18.5 Å². The number of carbonyl (C=O) groups is 2. The van der Waals surface area contributed by atoms with Crippen molar-refractivity contribution < 1.29 is 22.7 Å². The highest BCUT2D eigenvalue weighted by molar-refractivity contribution is 7.89. The van der Waals surface area contributed by atoms with E-state index in [0.29, 0.717) is 5.69 Å². The van der Waals surface area contributed by atoms with Gasteiger partial charge in [0.25, 0.3) is 5.91 Å². The molecule has 0 unspecified atom stereocenters. The Labute approximate surface area is 165 Å². The molecule has 2 rings (SSSR count). The topological polar surface area (TPSA) is 102 Å². The molecule has 0 bridgehead atoms. The fourth-order valence-electron chi connectivity index (χ4n) is 2.74. The Bertz CT molecular complexity index is 933. The number of sulfonamides is 1. The van der Waals surface area contributed by atoms with Gasteiger partial charge in [-0.15, -0.1) is 0 Å². The number of aryl methyl sites for hydroxylation is 3. The summed E-state index contributed by atoms with van der Waals surface area (Å²) in [6.45, 7) is 5.20. The molecule has 0 aliphatic carbocycles. The predicted molar refractivity (Wildman–Crippen MR) is 106 cm³/mol. The lowest BCUT2D eigenvalue weighted by Crippen LogP contribution is -2.28. The SMILES string of the molecule is Cc1cc(C)c(NC(=O)COC(=O)CCNS(=O)(=O)c2ccccc2)c(C)c1. The van der Waals surface area contributed by atoms with Gasteiger partial charge >= 0.3 is 5.97 Å². The fourth-order valence-corrected chi connectivity index (χ4v) is 3.79. The van der Waals surface area contributed by atoms with Crippen molar-refractivity contribution in [3.8, 4) is 0 Å². The van der Waals surface area contributed by atoms with E-state index in [9.17, 15) is 18.0 Å². The lowest BCUT2D eigenvalue weighted by atomic mass is 10.1. The summed E-state index contributed by atoms with van der Waals surface area (Å²) < 4.78 is 31.3. The molecule has 0 aliphatic heterocycles. The van der Waals surface area contributed by atoms with Crippen LogP contribution in [0.25, 0.3) is 0 Å². The zero-order valence-corrected chi connectivity index (χ0v) is 16.9. The minimum absolute atomic E-state index is 0.117. The molecule has 2 aromatic rings. The zero-order valence-electron chi connectivity index (χ0n) is 16.1. The van der Waals surface area contributed by atoms with Crippen LogP contribution < -0.4 is 10.0 Å². The smallest absolute Gasteiger partial charge is 0.307 e. The second-order valence-corrected chi connectivity index (χ2v) is 8.21. The minimum atomic E-state index is -3.68. The molecule has 7 nitrogen and oxygen atoms in total. The second kappa shape index (κ2) is 9.48. The summed E-state index contributed by atoms with van der Waals surface area (Å²) in [6.07, 6.45) is -0.179. The molecule has 0 fully saturated rings. The molecular formula is C20H24N2O5S. The Balaban J connectivity index is 1.77. The first-order valence-corrected chi connectivity index (χ1v) is 10.3. The van der Waals surface area contributed by atoms with Gasteiger partial charge in [-0.2, -0.15) is 0 Å². The second-order valence-electron chi connectivity index (χ2n) is 6.44. The van der Waals surface area contributed by atoms with Crippen molar-refractivity contribution in [2.24, 2.45) is 0 Å². The van der Waals surface area contributed by atoms with Crippen molar-refractivity contribution in [3.63, 3.8) is 0 Å². The normalized spacial score (nSPS) is 11.1. The summed E-state index contributed by atoms with van der Waals surface area (Å²) in [7, 11) is -3.68. The summed E-state index contributed by atoms with van der Waals surface area (Å²) in [5, 5.41) is 2.74. The predicted octanol–water partition coefficient (Wildman–Crippen LogP) is 2.46. The third-order valence-electron chi connectivity index (χ3n) is 3.98. The van der Waals surface area contributed by atoms with Crippen LogP contribution in [0.1, 0.15) is 23.1 Å². The van der Waals surface area contributed by atoms with Crippen LogP contribution in [0.5, 0.6) is 0 Å². The van der Waals surface area contributed by atoms with Gasteiger partial charge in [-0.25, -0.2) is 13.1 Å². The number of amides is 1. The molecule has 0 heterocycles. The number of hydrogen-bond acceptors (Lipinski definition) is 5. The molecule has 1 amide bonds. The van der Waals surface area contributed by atoms with Crippen molar-refractivity contribution in [3.05, 3.63) is 59.2 Å². The quantitative estimate of drug-likeness (QED) is 0.658. The monoisotopic (exact) mass is 404 g/mol. The fraction of sp³-hybridized carbons (Fsp3) is 0.300. The van der Waals surface area contributed by atoms with Crippen LogP contribution in [0.4, 0.5) is 5.69 Å². The molecule has 8 heteroatoms. The van der Waals surface area contributed by atoms with E-state index in [-0.39, 0.29) is 17.9 Å². The maximum absolute atomic E-state index is 12.0. The van der Waals surface area contributed by atoms with E-state index in [1.807, 2.05) is 32.9 Å². The number of anilines is 1. The average Bonchev–Trinajstić information content (AvgIpc) is 2.63. The van der Waals surface area contributed by atoms with E-state index in [1.165, 1.54) is 12.1 Å². The van der Waals surface area contributed by atoms with Gasteiger partial charge < -0.3 is 10.1 Å². The zero-order chi connectivity index (χ0) is 20.7. The van der Waals surface area contributed by atoms with Crippen LogP contribution in [0.2, 0.25) is 0 Å². The molecule has 0 atom stereocenters. The average molecular weight is 404 g/mol. The number of esters is 1. The van der Waals surface area contributed by atoms with Crippen LogP contribution >= 0.6 is 0 Å². The molecule has 0 saturated carbocycles.